The minimum Gasteiger partial charge on any atom is -0.337 e. The van der Waals surface area contributed by atoms with Crippen molar-refractivity contribution in [3.8, 4) is 11.1 Å². The zero-order valence-electron chi connectivity index (χ0n) is 16.7. The Balaban J connectivity index is 1.41. The van der Waals surface area contributed by atoms with E-state index in [0.29, 0.717) is 30.0 Å². The maximum atomic E-state index is 12.9. The van der Waals surface area contributed by atoms with Gasteiger partial charge in [-0.25, -0.2) is 9.31 Å². The monoisotopic (exact) mass is 446 g/mol. The van der Waals surface area contributed by atoms with Gasteiger partial charge >= 0.3 is 12.2 Å². The van der Waals surface area contributed by atoms with Gasteiger partial charge in [0.1, 0.15) is 0 Å². The molecule has 2 N–H and O–H groups in total. The summed E-state index contributed by atoms with van der Waals surface area (Å²) in [5.74, 6) is 0.548. The molecular weight excluding hydrogens is 429 g/mol. The Morgan fingerprint density at radius 3 is 2.75 bits per heavy atom. The lowest BCUT2D eigenvalue weighted by atomic mass is 10.1. The summed E-state index contributed by atoms with van der Waals surface area (Å²) in [6.07, 6.45) is -0.493. The first-order valence-electron chi connectivity index (χ1n) is 9.52. The number of amides is 2. The summed E-state index contributed by atoms with van der Waals surface area (Å²) in [6, 6.07) is 3.66. The quantitative estimate of drug-likeness (QED) is 0.465. The summed E-state index contributed by atoms with van der Waals surface area (Å²) in [6.45, 7) is 2.77. The molecule has 166 valence electrons. The molecule has 0 bridgehead atoms. The van der Waals surface area contributed by atoms with Crippen LogP contribution in [0.5, 0.6) is 0 Å². The molecule has 0 radical (unpaired) electrons. The molecule has 0 fully saturated rings. The molecule has 4 aromatic heterocycles. The molecular formula is C18H17F3N10O. The van der Waals surface area contributed by atoms with E-state index in [0.717, 1.165) is 12.3 Å². The fraction of sp³-hybridized carbons (Fsp3) is 0.278. The van der Waals surface area contributed by atoms with Crippen LogP contribution in [0.2, 0.25) is 0 Å². The van der Waals surface area contributed by atoms with Crippen molar-refractivity contribution in [1.82, 2.24) is 45.1 Å². The molecule has 32 heavy (non-hydrogen) atoms. The van der Waals surface area contributed by atoms with Crippen molar-refractivity contribution in [1.29, 1.82) is 0 Å². The Hall–Kier alpha value is -4.10. The van der Waals surface area contributed by atoms with E-state index in [-0.39, 0.29) is 18.1 Å². The van der Waals surface area contributed by atoms with Gasteiger partial charge in [0.25, 0.3) is 5.95 Å². The molecule has 0 saturated carbocycles. The average Bonchev–Trinajstić information content (AvgIpc) is 3.38. The SMILES string of the molecule is CCn1nnc(CCNC(=O)Nc2nc3ccc(-c4cncc(C(F)(F)F)c4)cn3n2)n1. The first kappa shape index (κ1) is 21.1. The van der Waals surface area contributed by atoms with Gasteiger partial charge in [0, 0.05) is 42.7 Å². The summed E-state index contributed by atoms with van der Waals surface area (Å²) in [5.41, 5.74) is 0.298. The summed E-state index contributed by atoms with van der Waals surface area (Å²) < 4.78 is 40.2. The molecule has 0 aliphatic heterocycles. The van der Waals surface area contributed by atoms with Crippen LogP contribution in [0.3, 0.4) is 0 Å². The maximum Gasteiger partial charge on any atom is 0.417 e. The molecule has 0 atom stereocenters. The largest absolute Gasteiger partial charge is 0.417 e. The van der Waals surface area contributed by atoms with Crippen molar-refractivity contribution >= 4 is 17.6 Å². The van der Waals surface area contributed by atoms with Crippen LogP contribution < -0.4 is 10.6 Å². The summed E-state index contributed by atoms with van der Waals surface area (Å²) in [5, 5.41) is 21.1. The van der Waals surface area contributed by atoms with Gasteiger partial charge in [-0.05, 0) is 30.3 Å². The standard InChI is InChI=1S/C18H17F3N10O/c1-2-31-27-14(26-29-31)5-6-23-17(32)25-16-24-15-4-3-11(10-30(15)28-16)12-7-13(9-22-8-12)18(19,20)21/h3-4,7-10H,2,5-6H2,1H3,(H2,23,25,28,32). The zero-order valence-corrected chi connectivity index (χ0v) is 16.7. The maximum absolute atomic E-state index is 12.9. The minimum absolute atomic E-state index is 0.0388. The van der Waals surface area contributed by atoms with E-state index >= 15 is 0 Å². The van der Waals surface area contributed by atoms with Gasteiger partial charge in [0.05, 0.1) is 12.1 Å². The summed E-state index contributed by atoms with van der Waals surface area (Å²) in [4.78, 5) is 21.4. The Bertz CT molecular complexity index is 1250. The molecule has 4 heterocycles. The van der Waals surface area contributed by atoms with Gasteiger partial charge in [-0.15, -0.1) is 15.3 Å². The third-order valence-electron chi connectivity index (χ3n) is 4.37. The third-order valence-corrected chi connectivity index (χ3v) is 4.37. The van der Waals surface area contributed by atoms with Gasteiger partial charge < -0.3 is 5.32 Å². The second kappa shape index (κ2) is 8.56. The number of nitrogens with zero attached hydrogens (tertiary/aromatic N) is 8. The number of anilines is 1. The topological polar surface area (TPSA) is 128 Å². The first-order chi connectivity index (χ1) is 15.3. The highest BCUT2D eigenvalue weighted by Gasteiger charge is 2.31. The van der Waals surface area contributed by atoms with Crippen LogP contribution in [0.1, 0.15) is 18.3 Å². The predicted octanol–water partition coefficient (Wildman–Crippen LogP) is 2.18. The molecule has 0 aliphatic rings. The van der Waals surface area contributed by atoms with Gasteiger partial charge in [-0.1, -0.05) is 0 Å². The van der Waals surface area contributed by atoms with E-state index in [1.165, 1.54) is 21.7 Å². The Labute approximate surface area is 178 Å². The smallest absolute Gasteiger partial charge is 0.337 e. The van der Waals surface area contributed by atoms with E-state index in [1.54, 1.807) is 12.1 Å². The minimum atomic E-state index is -4.49. The normalized spacial score (nSPS) is 11.6. The molecule has 0 saturated heterocycles. The van der Waals surface area contributed by atoms with E-state index in [1.807, 2.05) is 6.92 Å². The number of nitrogens with one attached hydrogen (secondary N) is 2. The molecule has 2 amide bonds. The number of pyridine rings is 2. The molecule has 11 nitrogen and oxygen atoms in total. The van der Waals surface area contributed by atoms with Crippen LogP contribution in [0.25, 0.3) is 16.8 Å². The van der Waals surface area contributed by atoms with Crippen LogP contribution >= 0.6 is 0 Å². The number of aryl methyl sites for hydroxylation is 1. The Morgan fingerprint density at radius 2 is 2.00 bits per heavy atom. The Kier molecular flexibility index (Phi) is 5.66. The van der Waals surface area contributed by atoms with Crippen molar-refractivity contribution in [3.63, 3.8) is 0 Å². The number of carbonyl (C=O) groups excluding carboxylic acids is 1. The highest BCUT2D eigenvalue weighted by atomic mass is 19.4. The highest BCUT2D eigenvalue weighted by Crippen LogP contribution is 2.31. The van der Waals surface area contributed by atoms with Crippen LogP contribution in [0.4, 0.5) is 23.9 Å². The van der Waals surface area contributed by atoms with Crippen molar-refractivity contribution in [2.75, 3.05) is 11.9 Å². The van der Waals surface area contributed by atoms with Crippen LogP contribution in [0.15, 0.2) is 36.8 Å². The number of rotatable bonds is 6. The second-order valence-corrected chi connectivity index (χ2v) is 6.64. The van der Waals surface area contributed by atoms with Crippen LogP contribution in [0, 0.1) is 0 Å². The number of urea groups is 1. The van der Waals surface area contributed by atoms with Gasteiger partial charge in [-0.2, -0.15) is 23.0 Å². The van der Waals surface area contributed by atoms with E-state index in [2.05, 4.69) is 41.1 Å². The number of hydrogen-bond acceptors (Lipinski definition) is 7. The fourth-order valence-corrected chi connectivity index (χ4v) is 2.80. The molecule has 0 aromatic carbocycles. The lowest BCUT2D eigenvalue weighted by molar-refractivity contribution is -0.137. The highest BCUT2D eigenvalue weighted by molar-refractivity contribution is 5.87. The number of carbonyl (C=O) groups is 1. The van der Waals surface area contributed by atoms with Crippen molar-refractivity contribution < 1.29 is 18.0 Å². The number of fused-ring (bicyclic) bond motifs is 1. The second-order valence-electron chi connectivity index (χ2n) is 6.64. The lowest BCUT2D eigenvalue weighted by Crippen LogP contribution is -2.31. The van der Waals surface area contributed by atoms with Crippen molar-refractivity contribution in [2.45, 2.75) is 26.1 Å². The van der Waals surface area contributed by atoms with Crippen molar-refractivity contribution in [2.24, 2.45) is 0 Å². The number of aromatic nitrogens is 8. The van der Waals surface area contributed by atoms with Crippen molar-refractivity contribution in [3.05, 3.63) is 48.2 Å². The molecule has 14 heteroatoms. The number of halogens is 3. The van der Waals surface area contributed by atoms with Gasteiger partial charge in [-0.3, -0.25) is 10.3 Å². The first-order valence-corrected chi connectivity index (χ1v) is 9.52. The molecule has 4 aromatic rings. The molecule has 0 unspecified atom stereocenters. The lowest BCUT2D eigenvalue weighted by Gasteiger charge is -2.08. The molecule has 0 spiro atoms. The van der Waals surface area contributed by atoms with Crippen LogP contribution in [-0.2, 0) is 19.1 Å². The summed E-state index contributed by atoms with van der Waals surface area (Å²) >= 11 is 0. The molecule has 0 aliphatic carbocycles. The predicted molar refractivity (Wildman–Crippen MR) is 105 cm³/mol. The van der Waals surface area contributed by atoms with E-state index < -0.39 is 17.8 Å². The number of tetrazole rings is 1. The van der Waals surface area contributed by atoms with Gasteiger partial charge in [0.2, 0.25) is 0 Å². The summed E-state index contributed by atoms with van der Waals surface area (Å²) in [7, 11) is 0. The van der Waals surface area contributed by atoms with E-state index in [4.69, 9.17) is 0 Å². The fourth-order valence-electron chi connectivity index (χ4n) is 2.80. The van der Waals surface area contributed by atoms with E-state index in [9.17, 15) is 18.0 Å². The molecule has 4 rings (SSSR count). The zero-order chi connectivity index (χ0) is 22.7. The third kappa shape index (κ3) is 4.79. The number of alkyl halides is 3. The van der Waals surface area contributed by atoms with Gasteiger partial charge in [0.15, 0.2) is 11.5 Å². The average molecular weight is 446 g/mol. The van der Waals surface area contributed by atoms with Crippen LogP contribution in [-0.4, -0.2) is 52.4 Å². The Morgan fingerprint density at radius 1 is 1.16 bits per heavy atom. The number of hydrogen-bond donors (Lipinski definition) is 2.